The Labute approximate surface area is 218 Å². The number of thioether (sulfide) groups is 1. The van der Waals surface area contributed by atoms with Crippen LogP contribution in [0.15, 0.2) is 84.5 Å². The Bertz CT molecular complexity index is 1400. The molecule has 0 saturated carbocycles. The fourth-order valence-electron chi connectivity index (χ4n) is 3.77. The number of hydrogen-bond donors (Lipinski definition) is 1. The molecular weight excluding hydrogens is 496 g/mol. The predicted molar refractivity (Wildman–Crippen MR) is 140 cm³/mol. The van der Waals surface area contributed by atoms with Crippen molar-refractivity contribution in [2.75, 3.05) is 6.79 Å². The van der Waals surface area contributed by atoms with Crippen LogP contribution in [-0.2, 0) is 18.8 Å². The van der Waals surface area contributed by atoms with Gasteiger partial charge in [0.2, 0.25) is 6.79 Å². The lowest BCUT2D eigenvalue weighted by Crippen LogP contribution is -2.22. The lowest BCUT2D eigenvalue weighted by molar-refractivity contribution is 0.0951. The van der Waals surface area contributed by atoms with Crippen molar-refractivity contribution in [3.05, 3.63) is 101 Å². The van der Waals surface area contributed by atoms with E-state index in [4.69, 9.17) is 21.1 Å². The van der Waals surface area contributed by atoms with Gasteiger partial charge in [-0.15, -0.1) is 16.8 Å². The summed E-state index contributed by atoms with van der Waals surface area (Å²) in [4.78, 5) is 12.6. The van der Waals surface area contributed by atoms with Crippen LogP contribution in [0.25, 0.3) is 11.4 Å². The summed E-state index contributed by atoms with van der Waals surface area (Å²) in [5.41, 5.74) is 3.44. The van der Waals surface area contributed by atoms with Crippen LogP contribution in [0, 0.1) is 0 Å². The van der Waals surface area contributed by atoms with E-state index in [-0.39, 0.29) is 12.7 Å². The van der Waals surface area contributed by atoms with Gasteiger partial charge in [0.05, 0.1) is 5.02 Å². The molecule has 2 heterocycles. The predicted octanol–water partition coefficient (Wildman–Crippen LogP) is 5.74. The van der Waals surface area contributed by atoms with Gasteiger partial charge in [-0.1, -0.05) is 59.8 Å². The molecule has 7 nitrogen and oxygen atoms in total. The number of rotatable bonds is 9. The Hall–Kier alpha value is -3.75. The number of benzene rings is 3. The van der Waals surface area contributed by atoms with Crippen LogP contribution in [0.2, 0.25) is 5.02 Å². The van der Waals surface area contributed by atoms with Crippen LogP contribution in [-0.4, -0.2) is 27.5 Å². The van der Waals surface area contributed by atoms with E-state index in [9.17, 15) is 4.79 Å². The van der Waals surface area contributed by atoms with Gasteiger partial charge >= 0.3 is 0 Å². The summed E-state index contributed by atoms with van der Waals surface area (Å²) in [5, 5.41) is 13.1. The van der Waals surface area contributed by atoms with Crippen LogP contribution in [0.4, 0.5) is 0 Å². The number of nitrogens with one attached hydrogen (secondary N) is 1. The zero-order valence-corrected chi connectivity index (χ0v) is 20.9. The Kier molecular flexibility index (Phi) is 7.25. The molecule has 1 aliphatic heterocycles. The van der Waals surface area contributed by atoms with Crippen molar-refractivity contribution >= 4 is 29.3 Å². The Balaban J connectivity index is 1.21. The molecule has 1 aliphatic rings. The number of nitrogens with zero attached hydrogens (tertiary/aromatic N) is 3. The van der Waals surface area contributed by atoms with E-state index in [1.807, 2.05) is 77.4 Å². The third kappa shape index (κ3) is 5.24. The molecule has 0 bridgehead atoms. The van der Waals surface area contributed by atoms with Gasteiger partial charge in [-0.25, -0.2) is 0 Å². The minimum absolute atomic E-state index is 0.137. The fourth-order valence-corrected chi connectivity index (χ4v) is 4.89. The van der Waals surface area contributed by atoms with Crippen molar-refractivity contribution in [3.63, 3.8) is 0 Å². The van der Waals surface area contributed by atoms with Crippen molar-refractivity contribution < 1.29 is 14.3 Å². The summed E-state index contributed by atoms with van der Waals surface area (Å²) in [6.07, 6.45) is 1.81. The van der Waals surface area contributed by atoms with E-state index in [2.05, 4.69) is 22.1 Å². The van der Waals surface area contributed by atoms with Crippen LogP contribution < -0.4 is 14.8 Å². The quantitative estimate of drug-likeness (QED) is 0.225. The lowest BCUT2D eigenvalue weighted by Gasteiger charge is -2.09. The molecule has 0 spiro atoms. The number of carbonyl (C=O) groups is 1. The zero-order chi connectivity index (χ0) is 24.9. The molecule has 4 aromatic rings. The smallest absolute Gasteiger partial charge is 0.251 e. The molecule has 182 valence electrons. The van der Waals surface area contributed by atoms with Crippen LogP contribution in [0.5, 0.6) is 11.5 Å². The number of carbonyl (C=O) groups excluding carboxylic acids is 1. The molecule has 0 fully saturated rings. The van der Waals surface area contributed by atoms with Crippen molar-refractivity contribution in [2.45, 2.75) is 24.0 Å². The molecule has 0 radical (unpaired) electrons. The first-order valence-electron chi connectivity index (χ1n) is 11.3. The maximum absolute atomic E-state index is 12.6. The summed E-state index contributed by atoms with van der Waals surface area (Å²) in [7, 11) is 0. The van der Waals surface area contributed by atoms with Crippen molar-refractivity contribution in [1.29, 1.82) is 0 Å². The van der Waals surface area contributed by atoms with Crippen LogP contribution >= 0.6 is 23.4 Å². The largest absolute Gasteiger partial charge is 0.454 e. The van der Waals surface area contributed by atoms with Crippen LogP contribution in [0.1, 0.15) is 21.5 Å². The molecule has 36 heavy (non-hydrogen) atoms. The number of ether oxygens (including phenoxy) is 2. The highest BCUT2D eigenvalue weighted by atomic mass is 35.5. The van der Waals surface area contributed by atoms with E-state index in [1.165, 1.54) is 0 Å². The van der Waals surface area contributed by atoms with Gasteiger partial charge < -0.3 is 14.8 Å². The summed E-state index contributed by atoms with van der Waals surface area (Å²) < 4.78 is 12.7. The van der Waals surface area contributed by atoms with Gasteiger partial charge in [0.15, 0.2) is 22.5 Å². The molecule has 1 N–H and O–H groups in total. The Morgan fingerprint density at radius 2 is 1.83 bits per heavy atom. The van der Waals surface area contributed by atoms with Gasteiger partial charge in [-0.2, -0.15) is 0 Å². The Morgan fingerprint density at radius 1 is 1.06 bits per heavy atom. The van der Waals surface area contributed by atoms with E-state index in [1.54, 1.807) is 11.8 Å². The first-order chi connectivity index (χ1) is 17.6. The summed E-state index contributed by atoms with van der Waals surface area (Å²) in [6.45, 7) is 5.06. The van der Waals surface area contributed by atoms with Gasteiger partial charge in [0, 0.05) is 30.0 Å². The number of aromatic nitrogens is 3. The molecule has 1 aromatic heterocycles. The number of fused-ring (bicyclic) bond motifs is 1. The van der Waals surface area contributed by atoms with Crippen molar-refractivity contribution in [1.82, 2.24) is 20.1 Å². The molecule has 0 aliphatic carbocycles. The second-order valence-electron chi connectivity index (χ2n) is 8.04. The lowest BCUT2D eigenvalue weighted by atomic mass is 10.1. The highest BCUT2D eigenvalue weighted by Gasteiger charge is 2.16. The van der Waals surface area contributed by atoms with E-state index < -0.39 is 0 Å². The highest BCUT2D eigenvalue weighted by molar-refractivity contribution is 7.98. The molecular formula is C27H23ClN4O3S. The number of hydrogen-bond acceptors (Lipinski definition) is 6. The fraction of sp³-hybridized carbons (Fsp3) is 0.148. The third-order valence-corrected chi connectivity index (χ3v) is 6.98. The molecule has 5 rings (SSSR count). The first kappa shape index (κ1) is 24.0. The van der Waals surface area contributed by atoms with Crippen molar-refractivity contribution in [2.24, 2.45) is 0 Å². The van der Waals surface area contributed by atoms with Gasteiger partial charge in [0.25, 0.3) is 5.91 Å². The molecule has 3 aromatic carbocycles. The maximum Gasteiger partial charge on any atom is 0.251 e. The second kappa shape index (κ2) is 10.9. The molecule has 1 amide bonds. The SMILES string of the molecule is C=CCn1c(SCc2ccc(C(=O)NCc3ccc4c(c3)OCO4)cc2)nnc1-c1ccccc1Cl. The Morgan fingerprint density at radius 3 is 2.64 bits per heavy atom. The van der Waals surface area contributed by atoms with Gasteiger partial charge in [0.1, 0.15) is 0 Å². The molecule has 0 atom stereocenters. The molecule has 0 saturated heterocycles. The minimum Gasteiger partial charge on any atom is -0.454 e. The summed E-state index contributed by atoms with van der Waals surface area (Å²) in [5.74, 6) is 2.67. The standard InChI is InChI=1S/C27H23ClN4O3S/c1-2-13-32-25(21-5-3-4-6-22(21)28)30-31-27(32)36-16-18-7-10-20(11-8-18)26(33)29-15-19-9-12-23-24(14-19)35-17-34-23/h2-12,14H,1,13,15-17H2,(H,29,33). The van der Waals surface area contributed by atoms with Crippen LogP contribution in [0.3, 0.4) is 0 Å². The molecule has 9 heteroatoms. The minimum atomic E-state index is -0.137. The van der Waals surface area contributed by atoms with Gasteiger partial charge in [-0.3, -0.25) is 9.36 Å². The van der Waals surface area contributed by atoms with E-state index in [0.29, 0.717) is 41.0 Å². The average Bonchev–Trinajstić information content (AvgIpc) is 3.53. The van der Waals surface area contributed by atoms with Crippen molar-refractivity contribution in [3.8, 4) is 22.9 Å². The first-order valence-corrected chi connectivity index (χ1v) is 12.7. The summed E-state index contributed by atoms with van der Waals surface area (Å²) in [6, 6.07) is 20.8. The van der Waals surface area contributed by atoms with Gasteiger partial charge in [-0.05, 0) is 47.5 Å². The topological polar surface area (TPSA) is 78.3 Å². The average molecular weight is 519 g/mol. The normalized spacial score (nSPS) is 11.9. The number of amides is 1. The highest BCUT2D eigenvalue weighted by Crippen LogP contribution is 2.33. The van der Waals surface area contributed by atoms with E-state index >= 15 is 0 Å². The third-order valence-electron chi connectivity index (χ3n) is 5.62. The number of halogens is 1. The summed E-state index contributed by atoms with van der Waals surface area (Å²) >= 11 is 7.94. The second-order valence-corrected chi connectivity index (χ2v) is 9.39. The molecule has 0 unspecified atom stereocenters. The number of allylic oxidation sites excluding steroid dienone is 1. The monoisotopic (exact) mass is 518 g/mol. The zero-order valence-electron chi connectivity index (χ0n) is 19.3. The van der Waals surface area contributed by atoms with E-state index in [0.717, 1.165) is 27.6 Å². The maximum atomic E-state index is 12.6.